The van der Waals surface area contributed by atoms with Crippen LogP contribution in [-0.4, -0.2) is 21.4 Å². The third kappa shape index (κ3) is 6.67. The zero-order valence-electron chi connectivity index (χ0n) is 20.5. The minimum absolute atomic E-state index is 0.259. The molecule has 1 aromatic carbocycles. The van der Waals surface area contributed by atoms with E-state index in [0.29, 0.717) is 22.5 Å². The van der Waals surface area contributed by atoms with Gasteiger partial charge in [0.1, 0.15) is 5.82 Å². The molecule has 1 aromatic heterocycles. The lowest BCUT2D eigenvalue weighted by atomic mass is 10.1. The number of carbonyl (C=O) groups is 2. The van der Waals surface area contributed by atoms with Crippen molar-refractivity contribution in [2.45, 2.75) is 40.2 Å². The highest BCUT2D eigenvalue weighted by molar-refractivity contribution is 6.07. The normalized spacial score (nSPS) is 18.0. The fraction of sp³-hybridized carbons (Fsp3) is 0.207. The molecule has 6 heteroatoms. The van der Waals surface area contributed by atoms with Gasteiger partial charge in [-0.15, -0.1) is 0 Å². The van der Waals surface area contributed by atoms with E-state index in [4.69, 9.17) is 0 Å². The van der Waals surface area contributed by atoms with E-state index < -0.39 is 0 Å². The van der Waals surface area contributed by atoms with Crippen molar-refractivity contribution in [3.8, 4) is 0 Å². The molecule has 0 unspecified atom stereocenters. The minimum atomic E-state index is -0.268. The summed E-state index contributed by atoms with van der Waals surface area (Å²) in [6.07, 6.45) is 20.3. The van der Waals surface area contributed by atoms with Crippen LogP contribution in [0.25, 0.3) is 5.57 Å². The van der Waals surface area contributed by atoms with Gasteiger partial charge in [-0.05, 0) is 63.5 Å². The van der Waals surface area contributed by atoms with E-state index in [0.717, 1.165) is 36.3 Å². The largest absolute Gasteiger partial charge is 0.331 e. The number of hydrogen-bond acceptors (Lipinski definition) is 3. The fourth-order valence-corrected chi connectivity index (χ4v) is 3.69. The number of imidazole rings is 1. The standard InChI is InChI=1S/C29H32N4O2/c1-5-11-22(12-6-2)28(34)32-26-20-24(16-15-21(26)4)29(35)31-25-14-10-8-9-13-23(19-25)27-30-17-18-33(27)7-3/h5-6,10-20H,1,7-9H2,2-4H3,(H,31,35)(H,32,34)/b12-6-,14-10-,22-11+,23-13+,25-19+. The topological polar surface area (TPSA) is 76.0 Å². The van der Waals surface area contributed by atoms with Crippen molar-refractivity contribution in [1.82, 2.24) is 14.9 Å². The summed E-state index contributed by atoms with van der Waals surface area (Å²) in [6.45, 7) is 10.3. The number of amides is 2. The first-order chi connectivity index (χ1) is 17.0. The van der Waals surface area contributed by atoms with Crippen LogP contribution in [0.3, 0.4) is 0 Å². The summed E-state index contributed by atoms with van der Waals surface area (Å²) in [5.74, 6) is 0.348. The SMILES string of the molecule is C=C/C=C(\C=C/C)C(=O)Nc1cc(C(=O)NC2=C/C(c3nccn3CC)=C\CC/C=C\2)ccc1C. The van der Waals surface area contributed by atoms with Crippen LogP contribution in [0.2, 0.25) is 0 Å². The molecule has 2 amide bonds. The second kappa shape index (κ2) is 12.3. The molecule has 6 nitrogen and oxygen atoms in total. The zero-order chi connectivity index (χ0) is 25.2. The third-order valence-corrected chi connectivity index (χ3v) is 5.53. The summed E-state index contributed by atoms with van der Waals surface area (Å²) in [4.78, 5) is 30.3. The summed E-state index contributed by atoms with van der Waals surface area (Å²) >= 11 is 0. The summed E-state index contributed by atoms with van der Waals surface area (Å²) in [6, 6.07) is 5.26. The molecule has 0 fully saturated rings. The quantitative estimate of drug-likeness (QED) is 0.375. The lowest BCUT2D eigenvalue weighted by Crippen LogP contribution is -2.23. The Morgan fingerprint density at radius 2 is 2.06 bits per heavy atom. The number of nitrogens with zero attached hydrogens (tertiary/aromatic N) is 2. The van der Waals surface area contributed by atoms with Gasteiger partial charge in [0.2, 0.25) is 0 Å². The Labute approximate surface area is 207 Å². The molecule has 1 aliphatic rings. The predicted octanol–water partition coefficient (Wildman–Crippen LogP) is 5.89. The molecule has 180 valence electrons. The van der Waals surface area contributed by atoms with Gasteiger partial charge in [0.05, 0.1) is 0 Å². The zero-order valence-corrected chi connectivity index (χ0v) is 20.5. The van der Waals surface area contributed by atoms with Crippen molar-refractivity contribution >= 4 is 23.1 Å². The summed E-state index contributed by atoms with van der Waals surface area (Å²) < 4.78 is 2.07. The third-order valence-electron chi connectivity index (χ3n) is 5.53. The second-order valence-electron chi connectivity index (χ2n) is 8.07. The average molecular weight is 469 g/mol. The van der Waals surface area contributed by atoms with Crippen LogP contribution in [-0.2, 0) is 11.3 Å². The van der Waals surface area contributed by atoms with E-state index in [1.807, 2.05) is 44.3 Å². The molecule has 1 heterocycles. The number of rotatable bonds is 8. The first-order valence-corrected chi connectivity index (χ1v) is 11.8. The highest BCUT2D eigenvalue weighted by Gasteiger charge is 2.14. The van der Waals surface area contributed by atoms with E-state index >= 15 is 0 Å². The number of aryl methyl sites for hydroxylation is 2. The summed E-state index contributed by atoms with van der Waals surface area (Å²) in [5, 5.41) is 5.91. The number of carbonyl (C=O) groups excluding carboxylic acids is 2. The lowest BCUT2D eigenvalue weighted by Gasteiger charge is -2.13. The van der Waals surface area contributed by atoms with Gasteiger partial charge in [0.25, 0.3) is 11.8 Å². The highest BCUT2D eigenvalue weighted by Crippen LogP contribution is 2.21. The fourth-order valence-electron chi connectivity index (χ4n) is 3.69. The maximum Gasteiger partial charge on any atom is 0.255 e. The molecule has 0 radical (unpaired) electrons. The maximum absolute atomic E-state index is 13.1. The van der Waals surface area contributed by atoms with Crippen LogP contribution >= 0.6 is 0 Å². The molecule has 3 rings (SSSR count). The number of nitrogens with one attached hydrogen (secondary N) is 2. The molecule has 0 aliphatic heterocycles. The molecule has 0 spiro atoms. The van der Waals surface area contributed by atoms with Gasteiger partial charge in [-0.25, -0.2) is 4.98 Å². The van der Waals surface area contributed by atoms with Crippen molar-refractivity contribution < 1.29 is 9.59 Å². The van der Waals surface area contributed by atoms with E-state index in [2.05, 4.69) is 39.8 Å². The molecule has 0 saturated heterocycles. The number of benzene rings is 1. The lowest BCUT2D eigenvalue weighted by molar-refractivity contribution is -0.112. The Kier molecular flexibility index (Phi) is 8.95. The Balaban J connectivity index is 1.84. The Morgan fingerprint density at radius 1 is 1.23 bits per heavy atom. The highest BCUT2D eigenvalue weighted by atomic mass is 16.2. The second-order valence-corrected chi connectivity index (χ2v) is 8.07. The van der Waals surface area contributed by atoms with Crippen molar-refractivity contribution in [2.75, 3.05) is 5.32 Å². The number of aromatic nitrogens is 2. The van der Waals surface area contributed by atoms with Crippen molar-refractivity contribution in [3.63, 3.8) is 0 Å². The first kappa shape index (κ1) is 25.4. The number of allylic oxidation sites excluding steroid dienone is 8. The molecule has 2 N–H and O–H groups in total. The van der Waals surface area contributed by atoms with Crippen LogP contribution < -0.4 is 10.6 Å². The molecular formula is C29H32N4O2. The average Bonchev–Trinajstić information content (AvgIpc) is 3.30. The van der Waals surface area contributed by atoms with Gasteiger partial charge in [-0.1, -0.05) is 49.1 Å². The van der Waals surface area contributed by atoms with Crippen molar-refractivity contribution in [3.05, 3.63) is 114 Å². The molecule has 35 heavy (non-hydrogen) atoms. The number of hydrogen-bond donors (Lipinski definition) is 2. The van der Waals surface area contributed by atoms with Crippen LogP contribution in [0.15, 0.2) is 97.1 Å². The van der Waals surface area contributed by atoms with Gasteiger partial charge in [0, 0.05) is 47.0 Å². The van der Waals surface area contributed by atoms with Crippen molar-refractivity contribution in [1.29, 1.82) is 0 Å². The smallest absolute Gasteiger partial charge is 0.255 e. The first-order valence-electron chi connectivity index (χ1n) is 11.8. The van der Waals surface area contributed by atoms with Crippen molar-refractivity contribution in [2.24, 2.45) is 0 Å². The summed E-state index contributed by atoms with van der Waals surface area (Å²) in [5.41, 5.74) is 4.01. The van der Waals surface area contributed by atoms with Crippen LogP contribution in [0, 0.1) is 6.92 Å². The van der Waals surface area contributed by atoms with Gasteiger partial charge < -0.3 is 15.2 Å². The molecular weight excluding hydrogens is 436 g/mol. The van der Waals surface area contributed by atoms with E-state index in [-0.39, 0.29) is 11.8 Å². The Bertz CT molecular complexity index is 1260. The van der Waals surface area contributed by atoms with E-state index in [1.54, 1.807) is 42.6 Å². The van der Waals surface area contributed by atoms with Crippen LogP contribution in [0.1, 0.15) is 48.4 Å². The Hall–Kier alpha value is -4.19. The van der Waals surface area contributed by atoms with Gasteiger partial charge >= 0.3 is 0 Å². The van der Waals surface area contributed by atoms with E-state index in [1.165, 1.54) is 0 Å². The monoisotopic (exact) mass is 468 g/mol. The van der Waals surface area contributed by atoms with E-state index in [9.17, 15) is 9.59 Å². The molecule has 2 aromatic rings. The van der Waals surface area contributed by atoms with Gasteiger partial charge in [0.15, 0.2) is 0 Å². The molecule has 0 bridgehead atoms. The van der Waals surface area contributed by atoms with Crippen LogP contribution in [0.4, 0.5) is 5.69 Å². The molecule has 0 saturated carbocycles. The number of anilines is 1. The van der Waals surface area contributed by atoms with Crippen LogP contribution in [0.5, 0.6) is 0 Å². The molecule has 0 atom stereocenters. The maximum atomic E-state index is 13.1. The Morgan fingerprint density at radius 3 is 2.80 bits per heavy atom. The predicted molar refractivity (Wildman–Crippen MR) is 143 cm³/mol. The van der Waals surface area contributed by atoms with Gasteiger partial charge in [-0.3, -0.25) is 9.59 Å². The minimum Gasteiger partial charge on any atom is -0.331 e. The molecule has 1 aliphatic carbocycles. The van der Waals surface area contributed by atoms with Gasteiger partial charge in [-0.2, -0.15) is 0 Å². The summed E-state index contributed by atoms with van der Waals surface area (Å²) in [7, 11) is 0.